The molecular weight excluding hydrogens is 416 g/mol. The molecule has 0 N–H and O–H groups in total. The summed E-state index contributed by atoms with van der Waals surface area (Å²) >= 11 is 0.866. The van der Waals surface area contributed by atoms with E-state index >= 15 is 0 Å². The minimum absolute atomic E-state index is 0.0675. The summed E-state index contributed by atoms with van der Waals surface area (Å²) in [5, 5.41) is 10.9. The van der Waals surface area contributed by atoms with Gasteiger partial charge in [-0.25, -0.2) is 0 Å². The lowest BCUT2D eigenvalue weighted by atomic mass is 10.1. The second-order valence-corrected chi connectivity index (χ2v) is 7.89. The normalized spacial score (nSPS) is 15.1. The Labute approximate surface area is 182 Å². The van der Waals surface area contributed by atoms with Crippen LogP contribution in [-0.2, 0) is 11.2 Å². The summed E-state index contributed by atoms with van der Waals surface area (Å²) in [5.74, 6) is 0.315. The number of rotatable bonds is 7. The van der Waals surface area contributed by atoms with Crippen LogP contribution in [0.5, 0.6) is 0 Å². The van der Waals surface area contributed by atoms with Gasteiger partial charge in [0.2, 0.25) is 0 Å². The number of thioether (sulfide) groups is 1. The minimum atomic E-state index is -0.474. The molecule has 2 aromatic carbocycles. The second kappa shape index (κ2) is 9.01. The van der Waals surface area contributed by atoms with Gasteiger partial charge >= 0.3 is 0 Å². The van der Waals surface area contributed by atoms with E-state index in [1.165, 1.54) is 17.0 Å². The molecule has 0 saturated carbocycles. The first kappa shape index (κ1) is 20.6. The van der Waals surface area contributed by atoms with Crippen molar-refractivity contribution in [1.29, 1.82) is 0 Å². The number of carbonyl (C=O) groups excluding carboxylic acids is 2. The monoisotopic (exact) mass is 434 g/mol. The maximum atomic E-state index is 12.7. The van der Waals surface area contributed by atoms with Gasteiger partial charge in [0.15, 0.2) is 0 Å². The van der Waals surface area contributed by atoms with Gasteiger partial charge in [-0.3, -0.25) is 24.6 Å². The molecule has 1 saturated heterocycles. The van der Waals surface area contributed by atoms with Crippen molar-refractivity contribution in [3.63, 3.8) is 0 Å². The van der Waals surface area contributed by atoms with Crippen LogP contribution in [-0.4, -0.2) is 27.5 Å². The molecule has 156 valence electrons. The molecule has 8 heteroatoms. The molecule has 0 bridgehead atoms. The van der Waals surface area contributed by atoms with Crippen LogP contribution >= 0.6 is 11.8 Å². The summed E-state index contributed by atoms with van der Waals surface area (Å²) in [6.07, 6.45) is 2.96. The first-order chi connectivity index (χ1) is 15.0. The highest BCUT2D eigenvalue weighted by atomic mass is 32.2. The summed E-state index contributed by atoms with van der Waals surface area (Å²) in [4.78, 5) is 37.2. The van der Waals surface area contributed by atoms with Crippen molar-refractivity contribution in [3.05, 3.63) is 93.1 Å². The fourth-order valence-electron chi connectivity index (χ4n) is 3.32. The number of nitro benzene ring substituents is 1. The standard InChI is InChI=1S/C23H18N2O5S/c26-22-21(31-23(27)24(22)14-6-9-16-7-2-1-3-8-16)15-17-12-13-20(30-17)18-10-4-5-11-19(18)25(28)29/h1-5,7-8,10-13,15H,6,9,14H2. The number of aryl methyl sites for hydroxylation is 1. The molecule has 1 aromatic heterocycles. The van der Waals surface area contributed by atoms with Gasteiger partial charge in [-0.15, -0.1) is 0 Å². The molecule has 1 aliphatic rings. The fourth-order valence-corrected chi connectivity index (χ4v) is 4.17. The van der Waals surface area contributed by atoms with Crippen LogP contribution in [0.3, 0.4) is 0 Å². The van der Waals surface area contributed by atoms with Crippen molar-refractivity contribution in [3.8, 4) is 11.3 Å². The van der Waals surface area contributed by atoms with E-state index in [1.54, 1.807) is 30.3 Å². The van der Waals surface area contributed by atoms with Crippen LogP contribution < -0.4 is 0 Å². The number of amides is 2. The number of hydrogen-bond donors (Lipinski definition) is 0. The van der Waals surface area contributed by atoms with Crippen molar-refractivity contribution < 1.29 is 18.9 Å². The lowest BCUT2D eigenvalue weighted by Crippen LogP contribution is -2.29. The predicted octanol–water partition coefficient (Wildman–Crippen LogP) is 5.52. The van der Waals surface area contributed by atoms with Crippen LogP contribution in [0.1, 0.15) is 17.7 Å². The van der Waals surface area contributed by atoms with Crippen molar-refractivity contribution in [2.45, 2.75) is 12.8 Å². The molecule has 1 fully saturated rings. The number of imide groups is 1. The zero-order chi connectivity index (χ0) is 21.8. The summed E-state index contributed by atoms with van der Waals surface area (Å²) < 4.78 is 5.70. The Morgan fingerprint density at radius 3 is 2.52 bits per heavy atom. The van der Waals surface area contributed by atoms with E-state index in [4.69, 9.17) is 4.42 Å². The summed E-state index contributed by atoms with van der Waals surface area (Å²) in [5.41, 5.74) is 1.44. The van der Waals surface area contributed by atoms with E-state index in [2.05, 4.69) is 0 Å². The van der Waals surface area contributed by atoms with Crippen molar-refractivity contribution in [2.24, 2.45) is 0 Å². The van der Waals surface area contributed by atoms with E-state index < -0.39 is 4.92 Å². The topological polar surface area (TPSA) is 93.7 Å². The average molecular weight is 434 g/mol. The fraction of sp³-hybridized carbons (Fsp3) is 0.130. The van der Waals surface area contributed by atoms with Gasteiger partial charge < -0.3 is 4.42 Å². The van der Waals surface area contributed by atoms with E-state index in [-0.39, 0.29) is 21.7 Å². The van der Waals surface area contributed by atoms with Crippen LogP contribution in [0.25, 0.3) is 17.4 Å². The zero-order valence-corrected chi connectivity index (χ0v) is 17.2. The highest BCUT2D eigenvalue weighted by Crippen LogP contribution is 2.35. The van der Waals surface area contributed by atoms with Gasteiger partial charge in [-0.05, 0) is 48.4 Å². The van der Waals surface area contributed by atoms with E-state index in [0.29, 0.717) is 30.0 Å². The quantitative estimate of drug-likeness (QED) is 0.276. The maximum absolute atomic E-state index is 12.7. The summed E-state index contributed by atoms with van der Waals surface area (Å²) in [6.45, 7) is 0.344. The largest absolute Gasteiger partial charge is 0.456 e. The first-order valence-corrected chi connectivity index (χ1v) is 10.5. The van der Waals surface area contributed by atoms with Crippen molar-refractivity contribution >= 4 is 34.7 Å². The molecule has 4 rings (SSSR count). The summed E-state index contributed by atoms with van der Waals surface area (Å²) in [7, 11) is 0. The SMILES string of the molecule is O=C1SC(=Cc2ccc(-c3ccccc3[N+](=O)[O-])o2)C(=O)N1CCCc1ccccc1. The Hall–Kier alpha value is -3.65. The minimum Gasteiger partial charge on any atom is -0.456 e. The molecule has 0 unspecified atom stereocenters. The predicted molar refractivity (Wildman–Crippen MR) is 118 cm³/mol. The molecule has 1 aliphatic heterocycles. The molecule has 2 heterocycles. The lowest BCUT2D eigenvalue weighted by molar-refractivity contribution is -0.384. The molecule has 0 spiro atoms. The molecule has 2 amide bonds. The third-order valence-corrected chi connectivity index (χ3v) is 5.74. The Balaban J connectivity index is 1.46. The zero-order valence-electron chi connectivity index (χ0n) is 16.4. The van der Waals surface area contributed by atoms with Gasteiger partial charge in [0, 0.05) is 18.7 Å². The highest BCUT2D eigenvalue weighted by Gasteiger charge is 2.34. The Morgan fingerprint density at radius 1 is 1.00 bits per heavy atom. The van der Waals surface area contributed by atoms with Gasteiger partial charge in [0.25, 0.3) is 16.8 Å². The average Bonchev–Trinajstić information content (AvgIpc) is 3.34. The van der Waals surface area contributed by atoms with E-state index in [1.807, 2.05) is 30.3 Å². The Bertz CT molecular complexity index is 1170. The third-order valence-electron chi connectivity index (χ3n) is 4.83. The molecule has 0 radical (unpaired) electrons. The van der Waals surface area contributed by atoms with Crippen LogP contribution in [0.2, 0.25) is 0 Å². The lowest BCUT2D eigenvalue weighted by Gasteiger charge is -2.11. The molecule has 31 heavy (non-hydrogen) atoms. The number of carbonyl (C=O) groups is 2. The van der Waals surface area contributed by atoms with Crippen molar-refractivity contribution in [2.75, 3.05) is 6.54 Å². The smallest absolute Gasteiger partial charge is 0.293 e. The molecule has 7 nitrogen and oxygen atoms in total. The molecule has 3 aromatic rings. The van der Waals surface area contributed by atoms with Gasteiger partial charge in [-0.2, -0.15) is 0 Å². The van der Waals surface area contributed by atoms with Crippen molar-refractivity contribution in [1.82, 2.24) is 4.90 Å². The number of nitrogens with zero attached hydrogens (tertiary/aromatic N) is 2. The Morgan fingerprint density at radius 2 is 1.74 bits per heavy atom. The number of furan rings is 1. The highest BCUT2D eigenvalue weighted by molar-refractivity contribution is 8.18. The maximum Gasteiger partial charge on any atom is 0.293 e. The van der Waals surface area contributed by atoms with Crippen LogP contribution in [0.4, 0.5) is 10.5 Å². The molecular formula is C23H18N2O5S. The number of hydrogen-bond acceptors (Lipinski definition) is 6. The molecule has 0 aliphatic carbocycles. The number of benzene rings is 2. The number of para-hydroxylation sites is 1. The second-order valence-electron chi connectivity index (χ2n) is 6.90. The van der Waals surface area contributed by atoms with Gasteiger partial charge in [0.05, 0.1) is 15.4 Å². The molecule has 0 atom stereocenters. The first-order valence-electron chi connectivity index (χ1n) is 9.66. The third kappa shape index (κ3) is 4.59. The van der Waals surface area contributed by atoms with Crippen LogP contribution in [0, 0.1) is 10.1 Å². The van der Waals surface area contributed by atoms with Gasteiger partial charge in [0.1, 0.15) is 11.5 Å². The van der Waals surface area contributed by atoms with Crippen LogP contribution in [0.15, 0.2) is 76.1 Å². The number of nitro groups is 1. The van der Waals surface area contributed by atoms with E-state index in [9.17, 15) is 19.7 Å². The Kier molecular flexibility index (Phi) is 5.99. The van der Waals surface area contributed by atoms with Gasteiger partial charge in [-0.1, -0.05) is 42.5 Å². The summed E-state index contributed by atoms with van der Waals surface area (Å²) in [6, 6.07) is 19.4. The van der Waals surface area contributed by atoms with E-state index in [0.717, 1.165) is 23.7 Å².